The van der Waals surface area contributed by atoms with E-state index in [9.17, 15) is 8.78 Å². The summed E-state index contributed by atoms with van der Waals surface area (Å²) in [5, 5.41) is 2.77. The molecule has 0 heterocycles. The molecule has 0 aliphatic rings. The zero-order valence-electron chi connectivity index (χ0n) is 10.2. The summed E-state index contributed by atoms with van der Waals surface area (Å²) in [4.78, 5) is 0. The molecule has 0 bridgehead atoms. The van der Waals surface area contributed by atoms with Crippen LogP contribution in [0.15, 0.2) is 24.3 Å². The Labute approximate surface area is 101 Å². The number of halogens is 2. The second-order valence-corrected chi connectivity index (χ2v) is 3.79. The monoisotopic (exact) mass is 243 g/mol. The van der Waals surface area contributed by atoms with E-state index in [-0.39, 0.29) is 0 Å². The highest BCUT2D eigenvalue weighted by Crippen LogP contribution is 2.23. The third kappa shape index (κ3) is 4.30. The van der Waals surface area contributed by atoms with Crippen LogP contribution in [-0.2, 0) is 0 Å². The molecule has 1 aromatic carbocycles. The third-order valence-electron chi connectivity index (χ3n) is 2.39. The summed E-state index contributed by atoms with van der Waals surface area (Å²) in [6.45, 7) is 4.99. The van der Waals surface area contributed by atoms with Gasteiger partial charge in [0.1, 0.15) is 5.75 Å². The molecule has 0 amide bonds. The van der Waals surface area contributed by atoms with Crippen molar-refractivity contribution in [3.05, 3.63) is 29.8 Å². The molecule has 1 atom stereocenters. The number of alkyl halides is 2. The molecule has 2 nitrogen and oxygen atoms in total. The summed E-state index contributed by atoms with van der Waals surface area (Å²) < 4.78 is 31.0. The number of hydrogen-bond donors (Lipinski definition) is 1. The van der Waals surface area contributed by atoms with Crippen molar-refractivity contribution in [2.24, 2.45) is 0 Å². The van der Waals surface area contributed by atoms with Gasteiger partial charge in [0.15, 0.2) is 0 Å². The van der Waals surface area contributed by atoms with E-state index in [2.05, 4.69) is 5.32 Å². The van der Waals surface area contributed by atoms with E-state index >= 15 is 0 Å². The van der Waals surface area contributed by atoms with Crippen LogP contribution in [0.25, 0.3) is 0 Å². The quantitative estimate of drug-likeness (QED) is 0.792. The largest absolute Gasteiger partial charge is 0.494 e. The van der Waals surface area contributed by atoms with Gasteiger partial charge in [-0.25, -0.2) is 8.78 Å². The minimum absolute atomic E-state index is 0.517. The van der Waals surface area contributed by atoms with Crippen LogP contribution in [0.1, 0.15) is 31.9 Å². The highest BCUT2D eigenvalue weighted by Gasteiger charge is 2.20. The van der Waals surface area contributed by atoms with Crippen molar-refractivity contribution in [1.29, 1.82) is 0 Å². The molecular formula is C13H19F2NO. The van der Waals surface area contributed by atoms with E-state index in [4.69, 9.17) is 4.74 Å². The third-order valence-corrected chi connectivity index (χ3v) is 2.39. The van der Waals surface area contributed by atoms with Crippen molar-refractivity contribution in [3.8, 4) is 5.75 Å². The number of rotatable bonds is 7. The van der Waals surface area contributed by atoms with Crippen LogP contribution < -0.4 is 10.1 Å². The topological polar surface area (TPSA) is 21.3 Å². The molecular weight excluding hydrogens is 224 g/mol. The first-order valence-corrected chi connectivity index (χ1v) is 5.93. The van der Waals surface area contributed by atoms with E-state index in [1.807, 2.05) is 13.8 Å². The van der Waals surface area contributed by atoms with Gasteiger partial charge in [-0.2, -0.15) is 0 Å². The molecule has 1 aromatic rings. The molecule has 0 aliphatic carbocycles. The van der Waals surface area contributed by atoms with Gasteiger partial charge in [-0.3, -0.25) is 0 Å². The maximum absolute atomic E-state index is 12.8. The second kappa shape index (κ2) is 7.22. The Morgan fingerprint density at radius 2 is 1.82 bits per heavy atom. The molecule has 0 aromatic heterocycles. The van der Waals surface area contributed by atoms with Crippen molar-refractivity contribution in [2.45, 2.75) is 32.7 Å². The fourth-order valence-electron chi connectivity index (χ4n) is 1.56. The number of benzene rings is 1. The summed E-state index contributed by atoms with van der Waals surface area (Å²) in [5.74, 6) is 0.722. The van der Waals surface area contributed by atoms with E-state index in [0.29, 0.717) is 18.7 Å². The molecule has 1 N–H and O–H groups in total. The first-order chi connectivity index (χ1) is 8.19. The van der Waals surface area contributed by atoms with E-state index in [1.165, 1.54) is 0 Å². The second-order valence-electron chi connectivity index (χ2n) is 3.79. The van der Waals surface area contributed by atoms with Crippen LogP contribution in [-0.4, -0.2) is 19.6 Å². The number of ether oxygens (including phenoxy) is 1. The molecule has 17 heavy (non-hydrogen) atoms. The standard InChI is InChI=1S/C13H19F2NO/c1-3-9-17-11-7-5-10(6-8-11)12(13(14)15)16-4-2/h5-8,12-13,16H,3-4,9H2,1-2H3. The SMILES string of the molecule is CCCOc1ccc(C(NCC)C(F)F)cc1. The molecule has 0 saturated carbocycles. The summed E-state index contributed by atoms with van der Waals surface area (Å²) in [7, 11) is 0. The summed E-state index contributed by atoms with van der Waals surface area (Å²) >= 11 is 0. The predicted octanol–water partition coefficient (Wildman–Crippen LogP) is 3.39. The Balaban J connectivity index is 2.70. The lowest BCUT2D eigenvalue weighted by atomic mass is 10.1. The zero-order chi connectivity index (χ0) is 12.7. The minimum Gasteiger partial charge on any atom is -0.494 e. The van der Waals surface area contributed by atoms with Crippen molar-refractivity contribution in [3.63, 3.8) is 0 Å². The van der Waals surface area contributed by atoms with Crippen LogP contribution >= 0.6 is 0 Å². The van der Waals surface area contributed by atoms with E-state index in [0.717, 1.165) is 12.2 Å². The predicted molar refractivity (Wildman–Crippen MR) is 64.6 cm³/mol. The van der Waals surface area contributed by atoms with Gasteiger partial charge in [-0.15, -0.1) is 0 Å². The lowest BCUT2D eigenvalue weighted by Gasteiger charge is -2.17. The van der Waals surface area contributed by atoms with Crippen molar-refractivity contribution in [1.82, 2.24) is 5.32 Å². The van der Waals surface area contributed by atoms with Gasteiger partial charge in [0.2, 0.25) is 0 Å². The normalized spacial score (nSPS) is 12.8. The first-order valence-electron chi connectivity index (χ1n) is 5.93. The van der Waals surface area contributed by atoms with Gasteiger partial charge in [-0.05, 0) is 30.7 Å². The summed E-state index contributed by atoms with van der Waals surface area (Å²) in [6, 6.07) is 5.94. The molecule has 0 fully saturated rings. The highest BCUT2D eigenvalue weighted by atomic mass is 19.3. The highest BCUT2D eigenvalue weighted by molar-refractivity contribution is 5.29. The Morgan fingerprint density at radius 1 is 1.18 bits per heavy atom. The van der Waals surface area contributed by atoms with Gasteiger partial charge < -0.3 is 10.1 Å². The molecule has 0 spiro atoms. The van der Waals surface area contributed by atoms with Gasteiger partial charge in [0.25, 0.3) is 6.43 Å². The van der Waals surface area contributed by atoms with Gasteiger partial charge >= 0.3 is 0 Å². The van der Waals surface area contributed by atoms with Gasteiger partial charge in [0.05, 0.1) is 12.6 Å². The smallest absolute Gasteiger partial charge is 0.257 e. The van der Waals surface area contributed by atoms with E-state index in [1.54, 1.807) is 24.3 Å². The maximum Gasteiger partial charge on any atom is 0.257 e. The van der Waals surface area contributed by atoms with Crippen LogP contribution in [0, 0.1) is 0 Å². The average Bonchev–Trinajstić information content (AvgIpc) is 2.34. The van der Waals surface area contributed by atoms with Crippen molar-refractivity contribution >= 4 is 0 Å². The molecule has 1 unspecified atom stereocenters. The lowest BCUT2D eigenvalue weighted by Crippen LogP contribution is -2.26. The van der Waals surface area contributed by atoms with Crippen LogP contribution in [0.2, 0.25) is 0 Å². The zero-order valence-corrected chi connectivity index (χ0v) is 10.2. The van der Waals surface area contributed by atoms with Crippen LogP contribution in [0.4, 0.5) is 8.78 Å². The average molecular weight is 243 g/mol. The molecule has 0 aliphatic heterocycles. The van der Waals surface area contributed by atoms with Gasteiger partial charge in [-0.1, -0.05) is 26.0 Å². The Morgan fingerprint density at radius 3 is 2.29 bits per heavy atom. The first kappa shape index (κ1) is 13.9. The molecule has 0 radical (unpaired) electrons. The van der Waals surface area contributed by atoms with Crippen molar-refractivity contribution < 1.29 is 13.5 Å². The number of hydrogen-bond acceptors (Lipinski definition) is 2. The molecule has 96 valence electrons. The Kier molecular flexibility index (Phi) is 5.91. The number of nitrogens with one attached hydrogen (secondary N) is 1. The van der Waals surface area contributed by atoms with E-state index < -0.39 is 12.5 Å². The van der Waals surface area contributed by atoms with Crippen LogP contribution in [0.5, 0.6) is 5.75 Å². The minimum atomic E-state index is -2.41. The fraction of sp³-hybridized carbons (Fsp3) is 0.538. The maximum atomic E-state index is 12.8. The molecule has 4 heteroatoms. The molecule has 1 rings (SSSR count). The van der Waals surface area contributed by atoms with Crippen molar-refractivity contribution in [2.75, 3.05) is 13.2 Å². The molecule has 0 saturated heterocycles. The summed E-state index contributed by atoms with van der Waals surface area (Å²) in [5.41, 5.74) is 0.589. The van der Waals surface area contributed by atoms with Crippen LogP contribution in [0.3, 0.4) is 0 Å². The fourth-order valence-corrected chi connectivity index (χ4v) is 1.56. The lowest BCUT2D eigenvalue weighted by molar-refractivity contribution is 0.0992. The van der Waals surface area contributed by atoms with Gasteiger partial charge in [0, 0.05) is 0 Å². The Bertz CT molecular complexity index is 314. The Hall–Kier alpha value is -1.16. The summed E-state index contributed by atoms with van der Waals surface area (Å²) in [6.07, 6.45) is -1.48.